The molecule has 1 aromatic carbocycles. The Hall–Kier alpha value is -2.47. The van der Waals surface area contributed by atoms with E-state index < -0.39 is 11.8 Å². The van der Waals surface area contributed by atoms with Crippen molar-refractivity contribution >= 4 is 5.97 Å². The number of rotatable bonds is 5. The molecule has 1 atom stereocenters. The molecule has 4 rings (SSSR count). The standard InChI is InChI=1S/C20H22O6/c1-23-15-8-6-14(7-9-15)20(22)16(10-13-4-2-3-5-13)18(19(21)26-20)17-11-24-12-25-17/h6-9,11,13,22H,2-5,10,12H2,1H3. The van der Waals surface area contributed by atoms with Crippen LogP contribution in [0.3, 0.4) is 0 Å². The zero-order valence-corrected chi connectivity index (χ0v) is 14.7. The van der Waals surface area contributed by atoms with Gasteiger partial charge in [-0.05, 0) is 36.6 Å². The van der Waals surface area contributed by atoms with E-state index in [2.05, 4.69) is 0 Å². The van der Waals surface area contributed by atoms with Crippen molar-refractivity contribution < 1.29 is 28.8 Å². The van der Waals surface area contributed by atoms with Crippen molar-refractivity contribution in [2.24, 2.45) is 5.92 Å². The molecule has 0 radical (unpaired) electrons. The smallest absolute Gasteiger partial charge is 0.345 e. The number of methoxy groups -OCH3 is 1. The van der Waals surface area contributed by atoms with Crippen molar-refractivity contribution in [2.45, 2.75) is 37.9 Å². The third-order valence-electron chi connectivity index (χ3n) is 5.32. The quantitative estimate of drug-likeness (QED) is 0.815. The number of carbonyl (C=O) groups excluding carboxylic acids is 1. The van der Waals surface area contributed by atoms with Gasteiger partial charge in [-0.3, -0.25) is 0 Å². The van der Waals surface area contributed by atoms with Gasteiger partial charge in [0.1, 0.15) is 17.6 Å². The predicted molar refractivity (Wildman–Crippen MR) is 91.7 cm³/mol. The Balaban J connectivity index is 1.77. The van der Waals surface area contributed by atoms with Crippen molar-refractivity contribution in [1.29, 1.82) is 0 Å². The van der Waals surface area contributed by atoms with Crippen LogP contribution in [-0.2, 0) is 24.8 Å². The Morgan fingerprint density at radius 3 is 2.58 bits per heavy atom. The van der Waals surface area contributed by atoms with E-state index >= 15 is 0 Å². The van der Waals surface area contributed by atoms with Crippen LogP contribution in [0.2, 0.25) is 0 Å². The van der Waals surface area contributed by atoms with Crippen molar-refractivity contribution in [3.05, 3.63) is 53.0 Å². The number of carbonyl (C=O) groups is 1. The van der Waals surface area contributed by atoms with E-state index in [1.165, 1.54) is 19.1 Å². The third kappa shape index (κ3) is 2.84. The fraction of sp³-hybridized carbons (Fsp3) is 0.450. The van der Waals surface area contributed by atoms with Crippen LogP contribution in [0.15, 0.2) is 47.4 Å². The molecule has 1 aromatic rings. The molecule has 26 heavy (non-hydrogen) atoms. The van der Waals surface area contributed by atoms with Gasteiger partial charge >= 0.3 is 5.97 Å². The fourth-order valence-electron chi connectivity index (χ4n) is 3.95. The minimum absolute atomic E-state index is 0.0593. The molecule has 1 fully saturated rings. The Labute approximate surface area is 152 Å². The summed E-state index contributed by atoms with van der Waals surface area (Å²) >= 11 is 0. The van der Waals surface area contributed by atoms with Crippen molar-refractivity contribution in [2.75, 3.05) is 13.9 Å². The summed E-state index contributed by atoms with van der Waals surface area (Å²) in [5, 5.41) is 11.4. The maximum absolute atomic E-state index is 12.6. The van der Waals surface area contributed by atoms with E-state index in [0.29, 0.717) is 35.0 Å². The number of benzene rings is 1. The first-order valence-electron chi connectivity index (χ1n) is 8.90. The zero-order valence-electron chi connectivity index (χ0n) is 14.7. The first kappa shape index (κ1) is 17.0. The molecule has 0 aromatic heterocycles. The molecule has 1 unspecified atom stereocenters. The number of aliphatic hydroxyl groups is 1. The summed E-state index contributed by atoms with van der Waals surface area (Å²) in [7, 11) is 1.58. The summed E-state index contributed by atoms with van der Waals surface area (Å²) in [5.41, 5.74) is 1.33. The van der Waals surface area contributed by atoms with Gasteiger partial charge in [-0.2, -0.15) is 0 Å². The average Bonchev–Trinajstić information content (AvgIpc) is 3.38. The molecule has 0 amide bonds. The predicted octanol–water partition coefficient (Wildman–Crippen LogP) is 3.12. The summed E-state index contributed by atoms with van der Waals surface area (Å²) in [6.07, 6.45) is 6.51. The molecule has 6 heteroatoms. The molecular weight excluding hydrogens is 336 g/mol. The SMILES string of the molecule is COc1ccc(C2(O)OC(=O)C(C3=COCO3)=C2CC2CCCC2)cc1. The van der Waals surface area contributed by atoms with Gasteiger partial charge in [-0.25, -0.2) is 4.79 Å². The topological polar surface area (TPSA) is 74.2 Å². The van der Waals surface area contributed by atoms with Crippen LogP contribution in [0.4, 0.5) is 0 Å². The number of hydrogen-bond acceptors (Lipinski definition) is 6. The number of ether oxygens (including phenoxy) is 4. The molecule has 1 N–H and O–H groups in total. The lowest BCUT2D eigenvalue weighted by Crippen LogP contribution is -2.29. The van der Waals surface area contributed by atoms with Crippen molar-refractivity contribution in [3.8, 4) is 5.75 Å². The van der Waals surface area contributed by atoms with E-state index in [1.54, 1.807) is 31.4 Å². The van der Waals surface area contributed by atoms with Crippen molar-refractivity contribution in [3.63, 3.8) is 0 Å². The molecule has 3 aliphatic rings. The van der Waals surface area contributed by atoms with Gasteiger partial charge in [0.05, 0.1) is 7.11 Å². The summed E-state index contributed by atoms with van der Waals surface area (Å²) in [6.45, 7) is 0.0593. The molecular formula is C20H22O6. The Bertz CT molecular complexity index is 757. The van der Waals surface area contributed by atoms with E-state index in [9.17, 15) is 9.90 Å². The monoisotopic (exact) mass is 358 g/mol. The van der Waals surface area contributed by atoms with Gasteiger partial charge in [0.25, 0.3) is 5.79 Å². The highest BCUT2D eigenvalue weighted by molar-refractivity contribution is 5.97. The van der Waals surface area contributed by atoms with Crippen LogP contribution < -0.4 is 4.74 Å². The third-order valence-corrected chi connectivity index (χ3v) is 5.32. The molecule has 0 spiro atoms. The summed E-state index contributed by atoms with van der Waals surface area (Å²) in [6, 6.07) is 6.90. The highest BCUT2D eigenvalue weighted by Crippen LogP contribution is 2.47. The molecule has 2 aliphatic heterocycles. The average molecular weight is 358 g/mol. The Morgan fingerprint density at radius 2 is 1.96 bits per heavy atom. The molecule has 1 saturated carbocycles. The van der Waals surface area contributed by atoms with Crippen LogP contribution in [0, 0.1) is 5.92 Å². The first-order chi connectivity index (χ1) is 12.6. The van der Waals surface area contributed by atoms with Crippen molar-refractivity contribution in [1.82, 2.24) is 0 Å². The molecule has 138 valence electrons. The lowest BCUT2D eigenvalue weighted by molar-refractivity contribution is -0.186. The maximum atomic E-state index is 12.6. The lowest BCUT2D eigenvalue weighted by atomic mass is 9.87. The number of cyclic esters (lactones) is 1. The van der Waals surface area contributed by atoms with Gasteiger partial charge in [-0.1, -0.05) is 25.7 Å². The minimum Gasteiger partial charge on any atom is -0.497 e. The molecule has 6 nitrogen and oxygen atoms in total. The van der Waals surface area contributed by atoms with E-state index in [4.69, 9.17) is 18.9 Å². The first-order valence-corrected chi connectivity index (χ1v) is 8.90. The van der Waals surface area contributed by atoms with Crippen LogP contribution in [0.1, 0.15) is 37.7 Å². The summed E-state index contributed by atoms with van der Waals surface area (Å²) in [5.74, 6) is -0.977. The Kier molecular flexibility index (Phi) is 4.36. The summed E-state index contributed by atoms with van der Waals surface area (Å²) in [4.78, 5) is 12.6. The van der Waals surface area contributed by atoms with Crippen LogP contribution in [0.25, 0.3) is 0 Å². The van der Waals surface area contributed by atoms with E-state index in [0.717, 1.165) is 12.8 Å². The van der Waals surface area contributed by atoms with E-state index in [-0.39, 0.29) is 12.4 Å². The molecule has 2 heterocycles. The van der Waals surface area contributed by atoms with Crippen LogP contribution >= 0.6 is 0 Å². The highest BCUT2D eigenvalue weighted by Gasteiger charge is 2.50. The second-order valence-electron chi connectivity index (χ2n) is 6.88. The molecule has 0 saturated heterocycles. The second-order valence-corrected chi connectivity index (χ2v) is 6.88. The van der Waals surface area contributed by atoms with Gasteiger partial charge in [-0.15, -0.1) is 0 Å². The highest BCUT2D eigenvalue weighted by atomic mass is 16.7. The fourth-order valence-corrected chi connectivity index (χ4v) is 3.95. The Morgan fingerprint density at radius 1 is 1.23 bits per heavy atom. The van der Waals surface area contributed by atoms with Gasteiger partial charge in [0.2, 0.25) is 6.79 Å². The van der Waals surface area contributed by atoms with E-state index in [1.807, 2.05) is 0 Å². The van der Waals surface area contributed by atoms with Crippen LogP contribution in [0.5, 0.6) is 5.75 Å². The number of hydrogen-bond donors (Lipinski definition) is 1. The van der Waals surface area contributed by atoms with Gasteiger partial charge < -0.3 is 24.1 Å². The molecule has 1 aliphatic carbocycles. The van der Waals surface area contributed by atoms with Gasteiger partial charge in [0, 0.05) is 11.1 Å². The zero-order chi connectivity index (χ0) is 18.1. The molecule has 0 bridgehead atoms. The lowest BCUT2D eigenvalue weighted by Gasteiger charge is -2.27. The second kappa shape index (κ2) is 6.68. The normalized spacial score (nSPS) is 25.8. The minimum atomic E-state index is -1.80. The summed E-state index contributed by atoms with van der Waals surface area (Å²) < 4.78 is 21.2. The number of esters is 1. The van der Waals surface area contributed by atoms with Crippen LogP contribution in [-0.4, -0.2) is 25.0 Å². The largest absolute Gasteiger partial charge is 0.497 e. The van der Waals surface area contributed by atoms with Gasteiger partial charge in [0.15, 0.2) is 5.76 Å². The maximum Gasteiger partial charge on any atom is 0.345 e.